The maximum Gasteiger partial charge on any atom is 0.124 e. The Morgan fingerprint density at radius 1 is 1.41 bits per heavy atom. The number of benzene rings is 1. The summed E-state index contributed by atoms with van der Waals surface area (Å²) in [5, 5.41) is 3.94. The van der Waals surface area contributed by atoms with Gasteiger partial charge in [0.25, 0.3) is 0 Å². The summed E-state index contributed by atoms with van der Waals surface area (Å²) in [4.78, 5) is 0. The van der Waals surface area contributed by atoms with Gasteiger partial charge in [0, 0.05) is 11.6 Å². The van der Waals surface area contributed by atoms with Crippen LogP contribution in [0.3, 0.4) is 0 Å². The lowest BCUT2D eigenvalue weighted by Gasteiger charge is -2.16. The smallest absolute Gasteiger partial charge is 0.124 e. The van der Waals surface area contributed by atoms with E-state index in [1.807, 2.05) is 0 Å². The monoisotopic (exact) mass is 255 g/mol. The molecule has 0 aromatic heterocycles. The van der Waals surface area contributed by atoms with E-state index < -0.39 is 0 Å². The Labute approximate surface area is 107 Å². The summed E-state index contributed by atoms with van der Waals surface area (Å²) < 4.78 is 12.9. The third-order valence-corrected chi connectivity index (χ3v) is 4.13. The van der Waals surface area contributed by atoms with Crippen LogP contribution in [0.25, 0.3) is 0 Å². The maximum absolute atomic E-state index is 12.9. The molecule has 2 unspecified atom stereocenters. The molecule has 0 heterocycles. The molecule has 1 aromatic rings. The Hall–Kier alpha value is -0.600. The molecule has 0 spiro atoms. The lowest BCUT2D eigenvalue weighted by molar-refractivity contribution is 0.392. The zero-order valence-corrected chi connectivity index (χ0v) is 10.9. The fourth-order valence-corrected chi connectivity index (χ4v) is 2.82. The van der Waals surface area contributed by atoms with Gasteiger partial charge in [0.2, 0.25) is 0 Å². The Morgan fingerprint density at radius 3 is 2.88 bits per heavy atom. The third-order valence-electron chi connectivity index (χ3n) is 3.78. The molecule has 0 saturated heterocycles. The van der Waals surface area contributed by atoms with Crippen molar-refractivity contribution >= 4 is 11.6 Å². The predicted molar refractivity (Wildman–Crippen MR) is 69.6 cm³/mol. The van der Waals surface area contributed by atoms with E-state index in [2.05, 4.69) is 12.2 Å². The summed E-state index contributed by atoms with van der Waals surface area (Å²) in [6.45, 7) is 4.08. The molecule has 0 bridgehead atoms. The van der Waals surface area contributed by atoms with Gasteiger partial charge in [0.05, 0.1) is 0 Å². The molecule has 1 fully saturated rings. The topological polar surface area (TPSA) is 12.0 Å². The molecule has 1 aliphatic rings. The van der Waals surface area contributed by atoms with Gasteiger partial charge in [-0.1, -0.05) is 37.4 Å². The fraction of sp³-hybridized carbons (Fsp3) is 0.571. The molecule has 0 aliphatic heterocycles. The first kappa shape index (κ1) is 12.8. The van der Waals surface area contributed by atoms with E-state index in [1.54, 1.807) is 6.07 Å². The zero-order chi connectivity index (χ0) is 12.3. The standard InChI is InChI=1S/C14H19ClFN/c1-10-3-2-4-11(10)8-17-9-12-5-6-13(16)7-14(12)15/h5-7,10-11,17H,2-4,8-9H2,1H3. The van der Waals surface area contributed by atoms with Crippen LogP contribution in [0.15, 0.2) is 18.2 Å². The van der Waals surface area contributed by atoms with Gasteiger partial charge < -0.3 is 5.32 Å². The maximum atomic E-state index is 12.9. The molecule has 0 amide bonds. The van der Waals surface area contributed by atoms with E-state index in [-0.39, 0.29) is 5.82 Å². The molecule has 1 saturated carbocycles. The van der Waals surface area contributed by atoms with Crippen molar-refractivity contribution in [2.75, 3.05) is 6.54 Å². The minimum absolute atomic E-state index is 0.275. The van der Waals surface area contributed by atoms with Gasteiger partial charge >= 0.3 is 0 Å². The normalized spacial score (nSPS) is 24.2. The molecular formula is C14H19ClFN. The van der Waals surface area contributed by atoms with Gasteiger partial charge in [-0.15, -0.1) is 0 Å². The Bertz CT molecular complexity index is 380. The number of rotatable bonds is 4. The van der Waals surface area contributed by atoms with E-state index in [0.717, 1.165) is 30.5 Å². The van der Waals surface area contributed by atoms with E-state index in [1.165, 1.54) is 31.4 Å². The minimum Gasteiger partial charge on any atom is -0.312 e. The largest absolute Gasteiger partial charge is 0.312 e. The van der Waals surface area contributed by atoms with Crippen LogP contribution in [0.2, 0.25) is 5.02 Å². The van der Waals surface area contributed by atoms with Crippen LogP contribution in [0.5, 0.6) is 0 Å². The first-order chi connectivity index (χ1) is 8.16. The van der Waals surface area contributed by atoms with Gasteiger partial charge in [-0.3, -0.25) is 0 Å². The van der Waals surface area contributed by atoms with Crippen LogP contribution >= 0.6 is 11.6 Å². The molecule has 17 heavy (non-hydrogen) atoms. The summed E-state index contributed by atoms with van der Waals surface area (Å²) in [6.07, 6.45) is 4.03. The van der Waals surface area contributed by atoms with Gasteiger partial charge in [-0.25, -0.2) is 4.39 Å². The molecule has 1 nitrogen and oxygen atoms in total. The zero-order valence-electron chi connectivity index (χ0n) is 10.2. The summed E-state index contributed by atoms with van der Waals surface area (Å²) in [5.74, 6) is 1.34. The van der Waals surface area contributed by atoms with E-state index >= 15 is 0 Å². The number of hydrogen-bond donors (Lipinski definition) is 1. The van der Waals surface area contributed by atoms with Crippen LogP contribution in [-0.2, 0) is 6.54 Å². The summed E-state index contributed by atoms with van der Waals surface area (Å²) in [6, 6.07) is 4.58. The predicted octanol–water partition coefficient (Wildman–Crippen LogP) is 4.00. The molecule has 1 aromatic carbocycles. The Balaban J connectivity index is 1.81. The first-order valence-electron chi connectivity index (χ1n) is 6.31. The van der Waals surface area contributed by atoms with Crippen molar-refractivity contribution in [3.63, 3.8) is 0 Å². The van der Waals surface area contributed by atoms with E-state index in [9.17, 15) is 4.39 Å². The molecule has 1 aliphatic carbocycles. The highest BCUT2D eigenvalue weighted by molar-refractivity contribution is 6.31. The van der Waals surface area contributed by atoms with Crippen molar-refractivity contribution in [2.45, 2.75) is 32.7 Å². The number of halogens is 2. The fourth-order valence-electron chi connectivity index (χ4n) is 2.58. The quantitative estimate of drug-likeness (QED) is 0.857. The Kier molecular flexibility index (Phi) is 4.41. The second-order valence-electron chi connectivity index (χ2n) is 5.03. The van der Waals surface area contributed by atoms with Crippen molar-refractivity contribution in [2.24, 2.45) is 11.8 Å². The van der Waals surface area contributed by atoms with Gasteiger partial charge in [0.15, 0.2) is 0 Å². The lowest BCUT2D eigenvalue weighted by atomic mass is 9.98. The highest BCUT2D eigenvalue weighted by atomic mass is 35.5. The lowest BCUT2D eigenvalue weighted by Crippen LogP contribution is -2.24. The van der Waals surface area contributed by atoms with Crippen molar-refractivity contribution in [3.05, 3.63) is 34.6 Å². The van der Waals surface area contributed by atoms with Crippen molar-refractivity contribution < 1.29 is 4.39 Å². The number of nitrogens with one attached hydrogen (secondary N) is 1. The highest BCUT2D eigenvalue weighted by Gasteiger charge is 2.22. The average molecular weight is 256 g/mol. The van der Waals surface area contributed by atoms with Gasteiger partial charge in [-0.2, -0.15) is 0 Å². The van der Waals surface area contributed by atoms with Crippen LogP contribution in [0, 0.1) is 17.7 Å². The second kappa shape index (κ2) is 5.83. The summed E-state index contributed by atoms with van der Waals surface area (Å²) in [7, 11) is 0. The van der Waals surface area contributed by atoms with Crippen LogP contribution in [0.1, 0.15) is 31.7 Å². The highest BCUT2D eigenvalue weighted by Crippen LogP contribution is 2.30. The number of hydrogen-bond acceptors (Lipinski definition) is 1. The minimum atomic E-state index is -0.275. The third kappa shape index (κ3) is 3.43. The molecule has 0 radical (unpaired) electrons. The molecule has 2 rings (SSSR count). The van der Waals surface area contributed by atoms with Crippen LogP contribution < -0.4 is 5.32 Å². The van der Waals surface area contributed by atoms with Crippen LogP contribution in [0.4, 0.5) is 4.39 Å². The molecule has 2 atom stereocenters. The summed E-state index contributed by atoms with van der Waals surface area (Å²) in [5.41, 5.74) is 0.971. The van der Waals surface area contributed by atoms with Crippen molar-refractivity contribution in [3.8, 4) is 0 Å². The van der Waals surface area contributed by atoms with Crippen LogP contribution in [-0.4, -0.2) is 6.54 Å². The molecule has 3 heteroatoms. The average Bonchev–Trinajstić information content (AvgIpc) is 2.68. The van der Waals surface area contributed by atoms with Gasteiger partial charge in [0.1, 0.15) is 5.82 Å². The van der Waals surface area contributed by atoms with Crippen molar-refractivity contribution in [1.82, 2.24) is 5.32 Å². The van der Waals surface area contributed by atoms with Gasteiger partial charge in [-0.05, 0) is 42.5 Å². The SMILES string of the molecule is CC1CCCC1CNCc1ccc(F)cc1Cl. The summed E-state index contributed by atoms with van der Waals surface area (Å²) >= 11 is 5.97. The molecule has 1 N–H and O–H groups in total. The Morgan fingerprint density at radius 2 is 2.24 bits per heavy atom. The second-order valence-corrected chi connectivity index (χ2v) is 5.44. The molecular weight excluding hydrogens is 237 g/mol. The van der Waals surface area contributed by atoms with E-state index in [0.29, 0.717) is 5.02 Å². The molecule has 94 valence electrons. The van der Waals surface area contributed by atoms with Crippen molar-refractivity contribution in [1.29, 1.82) is 0 Å². The first-order valence-corrected chi connectivity index (χ1v) is 6.69. The van der Waals surface area contributed by atoms with E-state index in [4.69, 9.17) is 11.6 Å².